The highest BCUT2D eigenvalue weighted by Gasteiger charge is 2.37. The van der Waals surface area contributed by atoms with Gasteiger partial charge in [0.25, 0.3) is 5.91 Å². The molecular formula is C32H35FN2O3S. The Morgan fingerprint density at radius 3 is 2.36 bits per heavy atom. The summed E-state index contributed by atoms with van der Waals surface area (Å²) in [5.74, 6) is 2.20. The number of ether oxygens (including phenoxy) is 1. The molecule has 1 unspecified atom stereocenters. The summed E-state index contributed by atoms with van der Waals surface area (Å²) >= 11 is 1.72. The average Bonchev–Trinajstić information content (AvgIpc) is 3.77. The van der Waals surface area contributed by atoms with Gasteiger partial charge in [0, 0.05) is 24.4 Å². The fourth-order valence-electron chi connectivity index (χ4n) is 5.20. The number of hydrogen-bond acceptors (Lipinski definition) is 4. The number of benzene rings is 3. The van der Waals surface area contributed by atoms with E-state index in [1.165, 1.54) is 17.7 Å². The van der Waals surface area contributed by atoms with E-state index >= 15 is 0 Å². The summed E-state index contributed by atoms with van der Waals surface area (Å²) in [6, 6.07) is 23.8. The number of halogens is 1. The monoisotopic (exact) mass is 546 g/mol. The summed E-state index contributed by atoms with van der Waals surface area (Å²) in [7, 11) is 0. The molecule has 2 aliphatic rings. The molecule has 7 heteroatoms. The Bertz CT molecular complexity index is 1230. The molecule has 1 saturated carbocycles. The van der Waals surface area contributed by atoms with Crippen molar-refractivity contribution < 1.29 is 18.7 Å². The number of nitrogens with zero attached hydrogens (tertiary/aromatic N) is 1. The average molecular weight is 547 g/mol. The third kappa shape index (κ3) is 7.49. The fraction of sp³-hybridized carbons (Fsp3) is 0.375. The van der Waals surface area contributed by atoms with E-state index in [0.29, 0.717) is 49.5 Å². The number of nitrogens with one attached hydrogen (secondary N) is 1. The van der Waals surface area contributed by atoms with Crippen molar-refractivity contribution in [2.24, 2.45) is 5.92 Å². The van der Waals surface area contributed by atoms with Gasteiger partial charge in [-0.1, -0.05) is 54.6 Å². The summed E-state index contributed by atoms with van der Waals surface area (Å²) in [4.78, 5) is 28.3. The van der Waals surface area contributed by atoms with Gasteiger partial charge in [-0.2, -0.15) is 11.8 Å². The number of carbonyl (C=O) groups excluding carboxylic acids is 2. The molecule has 3 aromatic carbocycles. The van der Waals surface area contributed by atoms with Gasteiger partial charge >= 0.3 is 0 Å². The largest absolute Gasteiger partial charge is 0.378 e. The number of amides is 2. The number of carbonyl (C=O) groups is 2. The van der Waals surface area contributed by atoms with Gasteiger partial charge in [0.2, 0.25) is 5.91 Å². The molecule has 1 saturated heterocycles. The first kappa shape index (κ1) is 27.4. The van der Waals surface area contributed by atoms with Crippen molar-refractivity contribution in [3.8, 4) is 11.1 Å². The standard InChI is InChI=1S/C32H35FN2O3S/c33-28-14-12-25(13-15-28)29-21-27(29)7-4-20-39-22-30(32(37)35-16-18-38-19-17-35)34-31(36)26-10-8-24(9-11-26)23-5-2-1-3-6-23/h1-3,5-6,8-15,27,29-30H,4,7,16-22H2,(H,34,36)/t27?,29-,30-/m0/s1. The van der Waals surface area contributed by atoms with Gasteiger partial charge in [-0.05, 0) is 77.8 Å². The van der Waals surface area contributed by atoms with Gasteiger partial charge in [-0.25, -0.2) is 4.39 Å². The van der Waals surface area contributed by atoms with Crippen molar-refractivity contribution in [1.82, 2.24) is 10.2 Å². The number of hydrogen-bond donors (Lipinski definition) is 1. The molecule has 2 fully saturated rings. The third-order valence-corrected chi connectivity index (χ3v) is 8.70. The molecule has 1 N–H and O–H groups in total. The lowest BCUT2D eigenvalue weighted by Crippen LogP contribution is -2.52. The molecule has 1 heterocycles. The Kier molecular flexibility index (Phi) is 9.32. The van der Waals surface area contributed by atoms with Crippen LogP contribution in [0, 0.1) is 11.7 Å². The maximum atomic E-state index is 13.3. The van der Waals surface area contributed by atoms with Crippen LogP contribution in [0.15, 0.2) is 78.9 Å². The molecule has 0 radical (unpaired) electrons. The van der Waals surface area contributed by atoms with Gasteiger partial charge in [-0.3, -0.25) is 9.59 Å². The van der Waals surface area contributed by atoms with Gasteiger partial charge < -0.3 is 15.0 Å². The molecule has 5 rings (SSSR count). The molecule has 0 bridgehead atoms. The van der Waals surface area contributed by atoms with Crippen LogP contribution in [-0.2, 0) is 9.53 Å². The lowest BCUT2D eigenvalue weighted by atomic mass is 10.0. The third-order valence-electron chi connectivity index (χ3n) is 7.55. The highest BCUT2D eigenvalue weighted by Crippen LogP contribution is 2.50. The van der Waals surface area contributed by atoms with E-state index in [9.17, 15) is 14.0 Å². The van der Waals surface area contributed by atoms with Crippen LogP contribution in [0.4, 0.5) is 4.39 Å². The van der Waals surface area contributed by atoms with E-state index < -0.39 is 6.04 Å². The first-order chi connectivity index (χ1) is 19.1. The summed E-state index contributed by atoms with van der Waals surface area (Å²) in [5, 5.41) is 3.01. The van der Waals surface area contributed by atoms with Gasteiger partial charge in [-0.15, -0.1) is 0 Å². The highest BCUT2D eigenvalue weighted by molar-refractivity contribution is 7.99. The van der Waals surface area contributed by atoms with Crippen LogP contribution in [0.1, 0.15) is 41.1 Å². The summed E-state index contributed by atoms with van der Waals surface area (Å²) in [6.45, 7) is 2.15. The van der Waals surface area contributed by atoms with Crippen LogP contribution in [0.2, 0.25) is 0 Å². The normalized spacial score (nSPS) is 19.4. The Balaban J connectivity index is 1.13. The maximum Gasteiger partial charge on any atom is 0.251 e. The molecule has 1 aliphatic heterocycles. The van der Waals surface area contributed by atoms with Crippen LogP contribution in [-0.4, -0.2) is 60.6 Å². The van der Waals surface area contributed by atoms with Crippen LogP contribution in [0.5, 0.6) is 0 Å². The molecule has 0 spiro atoms. The quantitative estimate of drug-likeness (QED) is 0.311. The van der Waals surface area contributed by atoms with Crippen molar-refractivity contribution in [3.05, 3.63) is 95.8 Å². The molecule has 2 amide bonds. The lowest BCUT2D eigenvalue weighted by Gasteiger charge is -2.30. The second kappa shape index (κ2) is 13.3. The molecule has 204 valence electrons. The van der Waals surface area contributed by atoms with Crippen LogP contribution < -0.4 is 5.32 Å². The van der Waals surface area contributed by atoms with Crippen LogP contribution >= 0.6 is 11.8 Å². The number of rotatable bonds is 11. The van der Waals surface area contributed by atoms with Crippen molar-refractivity contribution in [1.29, 1.82) is 0 Å². The van der Waals surface area contributed by atoms with E-state index in [-0.39, 0.29) is 17.6 Å². The van der Waals surface area contributed by atoms with Crippen LogP contribution in [0.25, 0.3) is 11.1 Å². The minimum atomic E-state index is -0.581. The van der Waals surface area contributed by atoms with E-state index in [1.807, 2.05) is 66.7 Å². The van der Waals surface area contributed by atoms with Crippen molar-refractivity contribution in [2.75, 3.05) is 37.8 Å². The molecule has 0 aromatic heterocycles. The van der Waals surface area contributed by atoms with E-state index in [2.05, 4.69) is 5.32 Å². The molecule has 39 heavy (non-hydrogen) atoms. The first-order valence-electron chi connectivity index (χ1n) is 13.7. The fourth-order valence-corrected chi connectivity index (χ4v) is 6.20. The summed E-state index contributed by atoms with van der Waals surface area (Å²) in [6.07, 6.45) is 3.34. The van der Waals surface area contributed by atoms with Crippen molar-refractivity contribution in [3.63, 3.8) is 0 Å². The minimum absolute atomic E-state index is 0.0429. The second-order valence-corrected chi connectivity index (χ2v) is 11.4. The summed E-state index contributed by atoms with van der Waals surface area (Å²) in [5.41, 5.74) is 3.90. The van der Waals surface area contributed by atoms with E-state index in [4.69, 9.17) is 4.74 Å². The Labute approximate surface area is 234 Å². The molecule has 3 aromatic rings. The molecule has 1 aliphatic carbocycles. The molecule has 3 atom stereocenters. The van der Waals surface area contributed by atoms with E-state index in [0.717, 1.165) is 36.1 Å². The maximum absolute atomic E-state index is 13.3. The van der Waals surface area contributed by atoms with Gasteiger partial charge in [0.1, 0.15) is 11.9 Å². The predicted octanol–water partition coefficient (Wildman–Crippen LogP) is 5.77. The zero-order chi connectivity index (χ0) is 27.0. The van der Waals surface area contributed by atoms with E-state index in [1.54, 1.807) is 16.7 Å². The Morgan fingerprint density at radius 1 is 0.949 bits per heavy atom. The topological polar surface area (TPSA) is 58.6 Å². The zero-order valence-electron chi connectivity index (χ0n) is 22.1. The summed E-state index contributed by atoms with van der Waals surface area (Å²) < 4.78 is 18.6. The van der Waals surface area contributed by atoms with Gasteiger partial charge in [0.05, 0.1) is 13.2 Å². The number of thioether (sulfide) groups is 1. The second-order valence-electron chi connectivity index (χ2n) is 10.3. The van der Waals surface area contributed by atoms with Crippen molar-refractivity contribution in [2.45, 2.75) is 31.2 Å². The predicted molar refractivity (Wildman–Crippen MR) is 154 cm³/mol. The van der Waals surface area contributed by atoms with Gasteiger partial charge in [0.15, 0.2) is 0 Å². The van der Waals surface area contributed by atoms with Crippen molar-refractivity contribution >= 4 is 23.6 Å². The smallest absolute Gasteiger partial charge is 0.251 e. The highest BCUT2D eigenvalue weighted by atomic mass is 32.2. The first-order valence-corrected chi connectivity index (χ1v) is 14.9. The SMILES string of the molecule is O=C(N[C@@H](CSCCCC1C[C@H]1c1ccc(F)cc1)C(=O)N1CCOCC1)c1ccc(-c2ccccc2)cc1. The molecule has 5 nitrogen and oxygen atoms in total. The Morgan fingerprint density at radius 2 is 1.64 bits per heavy atom. The molecular weight excluding hydrogens is 511 g/mol. The van der Waals surface area contributed by atoms with Crippen LogP contribution in [0.3, 0.4) is 0 Å². The minimum Gasteiger partial charge on any atom is -0.378 e. The lowest BCUT2D eigenvalue weighted by molar-refractivity contribution is -0.136. The zero-order valence-corrected chi connectivity index (χ0v) is 22.9. The Hall–Kier alpha value is -3.16. The number of morpholine rings is 1.